The van der Waals surface area contributed by atoms with Gasteiger partial charge in [-0.3, -0.25) is 14.4 Å². The molecule has 4 rings (SSSR count). The number of fused-ring (bicyclic) bond motifs is 2. The second kappa shape index (κ2) is 12.4. The molecular weight excluding hydrogens is 491 g/mol. The summed E-state index contributed by atoms with van der Waals surface area (Å²) in [5.41, 5.74) is 0.575. The number of carbonyl (C=O) groups is 3. The molecule has 3 amide bonds. The molecule has 2 aliphatic rings. The van der Waals surface area contributed by atoms with Crippen molar-refractivity contribution in [3.05, 3.63) is 59.4 Å². The van der Waals surface area contributed by atoms with Crippen LogP contribution >= 0.6 is 0 Å². The van der Waals surface area contributed by atoms with E-state index >= 15 is 0 Å². The quantitative estimate of drug-likeness (QED) is 0.513. The zero-order valence-electron chi connectivity index (χ0n) is 22.0. The summed E-state index contributed by atoms with van der Waals surface area (Å²) >= 11 is 0. The van der Waals surface area contributed by atoms with E-state index in [1.54, 1.807) is 36.2 Å². The lowest BCUT2D eigenvalue weighted by atomic mass is 9.94. The second-order valence-electron chi connectivity index (χ2n) is 10.0. The van der Waals surface area contributed by atoms with Gasteiger partial charge in [0.15, 0.2) is 0 Å². The molecule has 204 valence electrons. The van der Waals surface area contributed by atoms with Crippen LogP contribution in [0.25, 0.3) is 0 Å². The molecule has 0 radical (unpaired) electrons. The number of carbonyl (C=O) groups excluding carboxylic acids is 3. The third kappa shape index (κ3) is 6.68. The Hall–Kier alpha value is -3.50. The average molecular weight is 527 g/mol. The van der Waals surface area contributed by atoms with Crippen molar-refractivity contribution in [1.82, 2.24) is 15.1 Å². The maximum atomic E-state index is 14.0. The van der Waals surface area contributed by atoms with Gasteiger partial charge in [0.25, 0.3) is 11.8 Å². The van der Waals surface area contributed by atoms with Gasteiger partial charge in [0.2, 0.25) is 5.91 Å². The predicted octanol–water partition coefficient (Wildman–Crippen LogP) is 2.92. The molecule has 2 heterocycles. The fourth-order valence-corrected chi connectivity index (χ4v) is 4.85. The van der Waals surface area contributed by atoms with Gasteiger partial charge in [-0.15, -0.1) is 0 Å². The Morgan fingerprint density at radius 2 is 1.95 bits per heavy atom. The first-order valence-corrected chi connectivity index (χ1v) is 12.9. The van der Waals surface area contributed by atoms with E-state index in [4.69, 9.17) is 9.47 Å². The maximum absolute atomic E-state index is 14.0. The lowest BCUT2D eigenvalue weighted by Crippen LogP contribution is -2.54. The van der Waals surface area contributed by atoms with Crippen LogP contribution in [-0.2, 0) is 9.53 Å². The Kier molecular flexibility index (Phi) is 8.96. The molecule has 0 bridgehead atoms. The summed E-state index contributed by atoms with van der Waals surface area (Å²) < 4.78 is 26.2. The number of ether oxygens (including phenoxy) is 2. The Morgan fingerprint density at radius 3 is 2.71 bits per heavy atom. The number of likely N-dealkylation sites (N-methyl/N-ethyl adjacent to an activating group) is 1. The van der Waals surface area contributed by atoms with Gasteiger partial charge < -0.3 is 29.9 Å². The second-order valence-corrected chi connectivity index (χ2v) is 10.0. The highest BCUT2D eigenvalue weighted by Crippen LogP contribution is 2.32. The van der Waals surface area contributed by atoms with Crippen LogP contribution in [0.15, 0.2) is 42.5 Å². The number of nitrogens with zero attached hydrogens (tertiary/aromatic N) is 2. The number of benzene rings is 2. The van der Waals surface area contributed by atoms with Gasteiger partial charge in [-0.2, -0.15) is 0 Å². The fraction of sp³-hybridized carbons (Fsp3) is 0.464. The van der Waals surface area contributed by atoms with Crippen LogP contribution < -0.4 is 15.4 Å². The normalized spacial score (nSPS) is 21.0. The van der Waals surface area contributed by atoms with Crippen molar-refractivity contribution in [2.45, 2.75) is 43.9 Å². The van der Waals surface area contributed by atoms with Crippen molar-refractivity contribution >= 4 is 23.4 Å². The minimum Gasteiger partial charge on any atom is -0.490 e. The van der Waals surface area contributed by atoms with Crippen molar-refractivity contribution in [3.63, 3.8) is 0 Å². The van der Waals surface area contributed by atoms with Crippen LogP contribution in [0.5, 0.6) is 5.75 Å². The van der Waals surface area contributed by atoms with Crippen LogP contribution in [0.3, 0.4) is 0 Å². The predicted molar refractivity (Wildman–Crippen MR) is 141 cm³/mol. The Balaban J connectivity index is 1.39. The molecule has 38 heavy (non-hydrogen) atoms. The molecule has 0 saturated carbocycles. The zero-order chi connectivity index (χ0) is 27.2. The number of hydrogen-bond acceptors (Lipinski definition) is 6. The molecule has 2 aromatic carbocycles. The van der Waals surface area contributed by atoms with E-state index in [-0.39, 0.29) is 48.7 Å². The van der Waals surface area contributed by atoms with Gasteiger partial charge in [-0.1, -0.05) is 12.1 Å². The SMILES string of the molecule is CN(C)CCCNC(=O)C[C@@H]1CC[C@H]2[C@H](COc3ccc(NC(=O)c4ccccc4F)cc3C(=O)N2C)O1. The number of hydrogen-bond donors (Lipinski definition) is 2. The van der Waals surface area contributed by atoms with Gasteiger partial charge in [-0.25, -0.2) is 4.39 Å². The molecule has 10 heteroatoms. The monoisotopic (exact) mass is 526 g/mol. The molecule has 0 aliphatic carbocycles. The van der Waals surface area contributed by atoms with Crippen molar-refractivity contribution in [2.24, 2.45) is 0 Å². The zero-order valence-corrected chi connectivity index (χ0v) is 22.0. The minimum absolute atomic E-state index is 0.0429. The van der Waals surface area contributed by atoms with E-state index in [1.165, 1.54) is 18.2 Å². The highest BCUT2D eigenvalue weighted by molar-refractivity contribution is 6.05. The van der Waals surface area contributed by atoms with Gasteiger partial charge in [0.05, 0.1) is 29.7 Å². The van der Waals surface area contributed by atoms with E-state index in [2.05, 4.69) is 15.5 Å². The van der Waals surface area contributed by atoms with Crippen molar-refractivity contribution in [1.29, 1.82) is 0 Å². The molecular formula is C28H35FN4O5. The summed E-state index contributed by atoms with van der Waals surface area (Å²) in [6.07, 6.45) is 1.85. The first-order chi connectivity index (χ1) is 18.2. The third-order valence-electron chi connectivity index (χ3n) is 6.91. The van der Waals surface area contributed by atoms with Gasteiger partial charge >= 0.3 is 0 Å². The van der Waals surface area contributed by atoms with Gasteiger partial charge in [0.1, 0.15) is 24.3 Å². The number of anilines is 1. The third-order valence-corrected chi connectivity index (χ3v) is 6.91. The molecule has 9 nitrogen and oxygen atoms in total. The highest BCUT2D eigenvalue weighted by atomic mass is 19.1. The summed E-state index contributed by atoms with van der Waals surface area (Å²) in [7, 11) is 5.72. The van der Waals surface area contributed by atoms with Crippen molar-refractivity contribution in [3.8, 4) is 5.75 Å². The lowest BCUT2D eigenvalue weighted by Gasteiger charge is -2.42. The van der Waals surface area contributed by atoms with Crippen molar-refractivity contribution < 1.29 is 28.2 Å². The number of rotatable bonds is 8. The van der Waals surface area contributed by atoms with Crippen LogP contribution in [0, 0.1) is 5.82 Å². The Labute approximate surface area is 222 Å². The first kappa shape index (κ1) is 27.5. The Morgan fingerprint density at radius 1 is 1.16 bits per heavy atom. The van der Waals surface area contributed by atoms with Gasteiger partial charge in [0, 0.05) is 19.3 Å². The molecule has 3 atom stereocenters. The molecule has 1 saturated heterocycles. The molecule has 1 fully saturated rings. The van der Waals surface area contributed by atoms with E-state index in [0.717, 1.165) is 13.0 Å². The van der Waals surface area contributed by atoms with Crippen LogP contribution in [0.4, 0.5) is 10.1 Å². The molecule has 0 spiro atoms. The molecule has 0 aromatic heterocycles. The summed E-state index contributed by atoms with van der Waals surface area (Å²) in [6.45, 7) is 1.75. The fourth-order valence-electron chi connectivity index (χ4n) is 4.85. The van der Waals surface area contributed by atoms with E-state index < -0.39 is 11.7 Å². The minimum atomic E-state index is -0.626. The summed E-state index contributed by atoms with van der Waals surface area (Å²) in [6, 6.07) is 10.2. The van der Waals surface area contributed by atoms with Crippen LogP contribution in [0.2, 0.25) is 0 Å². The number of halogens is 1. The summed E-state index contributed by atoms with van der Waals surface area (Å²) in [4.78, 5) is 42.1. The molecule has 2 aliphatic heterocycles. The average Bonchev–Trinajstić information content (AvgIpc) is 2.89. The topological polar surface area (TPSA) is 100 Å². The van der Waals surface area contributed by atoms with Crippen LogP contribution in [0.1, 0.15) is 46.4 Å². The Bertz CT molecular complexity index is 1170. The van der Waals surface area contributed by atoms with E-state index in [9.17, 15) is 18.8 Å². The van der Waals surface area contributed by atoms with Gasteiger partial charge in [-0.05, 0) is 70.2 Å². The summed E-state index contributed by atoms with van der Waals surface area (Å²) in [5.74, 6) is -1.17. The molecule has 0 unspecified atom stereocenters. The number of nitrogens with one attached hydrogen (secondary N) is 2. The standard InChI is InChI=1S/C28H35FN4O5/c1-32(2)14-6-13-30-26(34)16-19-10-11-23-25(38-19)17-37-24-12-9-18(15-21(24)28(36)33(23)3)31-27(35)20-7-4-5-8-22(20)29/h4-5,7-9,12,15,19,23,25H,6,10-11,13-14,16-17H2,1-3H3,(H,30,34)(H,31,35)/t19-,23-,25-/m0/s1. The van der Waals surface area contributed by atoms with E-state index in [0.29, 0.717) is 36.4 Å². The first-order valence-electron chi connectivity index (χ1n) is 12.9. The highest BCUT2D eigenvalue weighted by Gasteiger charge is 2.39. The smallest absolute Gasteiger partial charge is 0.258 e. The van der Waals surface area contributed by atoms with E-state index in [1.807, 2.05) is 14.1 Å². The molecule has 2 aromatic rings. The summed E-state index contributed by atoms with van der Waals surface area (Å²) in [5, 5.41) is 5.60. The van der Waals surface area contributed by atoms with Crippen LogP contribution in [-0.4, -0.2) is 86.6 Å². The molecule has 2 N–H and O–H groups in total. The number of amides is 3. The largest absolute Gasteiger partial charge is 0.490 e. The van der Waals surface area contributed by atoms with Crippen molar-refractivity contribution in [2.75, 3.05) is 46.2 Å². The lowest BCUT2D eigenvalue weighted by molar-refractivity contribution is -0.134. The maximum Gasteiger partial charge on any atom is 0.258 e.